The first-order valence-electron chi connectivity index (χ1n) is 12.5. The largest absolute Gasteiger partial charge is 0.493 e. The minimum absolute atomic E-state index is 0.116. The van der Waals surface area contributed by atoms with Crippen LogP contribution in [0, 0.1) is 5.92 Å². The lowest BCUT2D eigenvalue weighted by Gasteiger charge is -2.44. The maximum absolute atomic E-state index is 11.6. The van der Waals surface area contributed by atoms with Gasteiger partial charge in [-0.2, -0.15) is 4.98 Å². The van der Waals surface area contributed by atoms with E-state index >= 15 is 0 Å². The molecular formula is C28H25N3O9S. The Balaban J connectivity index is 1.30. The van der Waals surface area contributed by atoms with Crippen molar-refractivity contribution in [3.63, 3.8) is 0 Å². The number of nitrogens with zero attached hydrogens (tertiary/aromatic N) is 3. The number of hydrogen-bond donors (Lipinski definition) is 2. The van der Waals surface area contributed by atoms with Crippen molar-refractivity contribution in [2.75, 3.05) is 13.7 Å². The molecule has 2 aromatic heterocycles. The maximum Gasteiger partial charge on any atom is 0.418 e. The van der Waals surface area contributed by atoms with Gasteiger partial charge in [0.25, 0.3) is 5.89 Å². The number of para-hydroxylation sites is 2. The van der Waals surface area contributed by atoms with E-state index in [0.29, 0.717) is 40.9 Å². The molecular weight excluding hydrogens is 554 g/mol. The van der Waals surface area contributed by atoms with Crippen LogP contribution < -0.4 is 9.47 Å². The van der Waals surface area contributed by atoms with Crippen molar-refractivity contribution in [2.24, 2.45) is 5.92 Å². The van der Waals surface area contributed by atoms with Crippen LogP contribution >= 0.6 is 11.3 Å². The number of carbonyl (C=O) groups excluding carboxylic acids is 1. The molecule has 2 aromatic carbocycles. The van der Waals surface area contributed by atoms with E-state index < -0.39 is 30.1 Å². The third-order valence-corrected chi connectivity index (χ3v) is 7.64. The third-order valence-electron chi connectivity index (χ3n) is 6.48. The Labute approximate surface area is 237 Å². The molecule has 0 saturated carbocycles. The summed E-state index contributed by atoms with van der Waals surface area (Å²) in [5.41, 5.74) is 1.67. The van der Waals surface area contributed by atoms with Crippen LogP contribution in [-0.2, 0) is 32.1 Å². The number of benzene rings is 2. The monoisotopic (exact) mass is 579 g/mol. The molecule has 212 valence electrons. The van der Waals surface area contributed by atoms with Gasteiger partial charge in [-0.15, -0.1) is 11.3 Å². The Bertz CT molecular complexity index is 1580. The number of aromatic nitrogens is 2. The summed E-state index contributed by atoms with van der Waals surface area (Å²) in [6, 6.07) is 16.5. The molecule has 0 aliphatic carbocycles. The summed E-state index contributed by atoms with van der Waals surface area (Å²) >= 11 is 1.40. The van der Waals surface area contributed by atoms with Gasteiger partial charge in [0.1, 0.15) is 11.7 Å². The van der Waals surface area contributed by atoms with Crippen LogP contribution in [0.1, 0.15) is 17.4 Å². The molecule has 3 heterocycles. The van der Waals surface area contributed by atoms with Gasteiger partial charge in [0, 0.05) is 23.5 Å². The molecule has 13 heteroatoms. The number of esters is 1. The van der Waals surface area contributed by atoms with Crippen LogP contribution in [0.4, 0.5) is 0 Å². The zero-order chi connectivity index (χ0) is 29.1. The van der Waals surface area contributed by atoms with E-state index in [0.717, 1.165) is 15.3 Å². The normalized spacial score (nSPS) is 16.5. The average molecular weight is 580 g/mol. The summed E-state index contributed by atoms with van der Waals surface area (Å²) < 4.78 is 21.7. The van der Waals surface area contributed by atoms with E-state index in [-0.39, 0.29) is 13.1 Å². The predicted molar refractivity (Wildman–Crippen MR) is 145 cm³/mol. The standard InChI is InChI=1S/C28H25N3O9S/c1-3-15-12-18(13-31-14-19(26(32)33)25(31)39-28(36)27(34)35)41-22(15)23-29-24(40-30-23)16-8-10-17(11-9-16)38-21-7-5-4-6-20(21)37-2/h4-12,19,25H,3,13-14H2,1-2H3,(H,32,33)(H,34,35). The van der Waals surface area contributed by atoms with Gasteiger partial charge in [-0.3, -0.25) is 9.69 Å². The second-order valence-corrected chi connectivity index (χ2v) is 10.2. The van der Waals surface area contributed by atoms with Gasteiger partial charge in [0.15, 0.2) is 17.7 Å². The van der Waals surface area contributed by atoms with Crippen LogP contribution in [0.15, 0.2) is 59.1 Å². The lowest BCUT2D eigenvalue weighted by molar-refractivity contribution is -0.204. The SMILES string of the molecule is CCc1cc(CN2CC(C(=O)O)C2OC(=O)C(=O)O)sc1-c1noc(-c2ccc(Oc3ccccc3OC)cc2)n1. The Morgan fingerprint density at radius 2 is 1.83 bits per heavy atom. The zero-order valence-corrected chi connectivity index (χ0v) is 22.8. The maximum atomic E-state index is 11.6. The number of ether oxygens (including phenoxy) is 3. The molecule has 0 amide bonds. The highest BCUT2D eigenvalue weighted by Gasteiger charge is 2.47. The average Bonchev–Trinajstić information content (AvgIpc) is 3.61. The fourth-order valence-corrected chi connectivity index (χ4v) is 5.58. The van der Waals surface area contributed by atoms with Crippen molar-refractivity contribution in [3.8, 4) is 39.4 Å². The van der Waals surface area contributed by atoms with Gasteiger partial charge in [-0.25, -0.2) is 9.59 Å². The molecule has 1 aliphatic rings. The van der Waals surface area contributed by atoms with E-state index in [2.05, 4.69) is 10.1 Å². The highest BCUT2D eigenvalue weighted by molar-refractivity contribution is 7.15. The Kier molecular flexibility index (Phi) is 7.99. The number of rotatable bonds is 10. The first-order valence-corrected chi connectivity index (χ1v) is 13.4. The summed E-state index contributed by atoms with van der Waals surface area (Å²) in [4.78, 5) is 41.8. The molecule has 2 unspecified atom stereocenters. The van der Waals surface area contributed by atoms with E-state index in [9.17, 15) is 19.5 Å². The molecule has 0 radical (unpaired) electrons. The zero-order valence-electron chi connectivity index (χ0n) is 22.0. The third kappa shape index (κ3) is 5.90. The lowest BCUT2D eigenvalue weighted by Crippen LogP contribution is -2.60. The minimum Gasteiger partial charge on any atom is -0.493 e. The van der Waals surface area contributed by atoms with Crippen molar-refractivity contribution in [1.82, 2.24) is 15.0 Å². The molecule has 2 atom stereocenters. The topological polar surface area (TPSA) is 162 Å². The number of carboxylic acids is 2. The highest BCUT2D eigenvalue weighted by atomic mass is 32.1. The molecule has 1 aliphatic heterocycles. The van der Waals surface area contributed by atoms with Crippen LogP contribution in [0.5, 0.6) is 17.2 Å². The first-order chi connectivity index (χ1) is 19.8. The van der Waals surface area contributed by atoms with Gasteiger partial charge in [-0.1, -0.05) is 24.2 Å². The van der Waals surface area contributed by atoms with Gasteiger partial charge in [0.2, 0.25) is 5.82 Å². The minimum atomic E-state index is -1.78. The molecule has 41 heavy (non-hydrogen) atoms. The Hall–Kier alpha value is -4.75. The highest BCUT2D eigenvalue weighted by Crippen LogP contribution is 2.37. The van der Waals surface area contributed by atoms with Crippen LogP contribution in [0.3, 0.4) is 0 Å². The molecule has 12 nitrogen and oxygen atoms in total. The molecule has 5 rings (SSSR count). The number of likely N-dealkylation sites (tertiary alicyclic amines) is 1. The smallest absolute Gasteiger partial charge is 0.418 e. The number of carboxylic acid groups (broad SMARTS) is 2. The molecule has 2 N–H and O–H groups in total. The van der Waals surface area contributed by atoms with Gasteiger partial charge in [-0.05, 0) is 54.4 Å². The molecule has 0 bridgehead atoms. The summed E-state index contributed by atoms with van der Waals surface area (Å²) in [6.07, 6.45) is -0.488. The van der Waals surface area contributed by atoms with Crippen LogP contribution in [0.2, 0.25) is 0 Å². The second-order valence-electron chi connectivity index (χ2n) is 9.10. The Morgan fingerprint density at radius 3 is 2.49 bits per heavy atom. The van der Waals surface area contributed by atoms with Crippen LogP contribution in [0.25, 0.3) is 22.2 Å². The van der Waals surface area contributed by atoms with Crippen molar-refractivity contribution in [1.29, 1.82) is 0 Å². The molecule has 4 aromatic rings. The number of aliphatic carboxylic acids is 2. The molecule has 1 saturated heterocycles. The Morgan fingerprint density at radius 1 is 1.10 bits per heavy atom. The van der Waals surface area contributed by atoms with Gasteiger partial charge >= 0.3 is 17.9 Å². The van der Waals surface area contributed by atoms with E-state index in [1.807, 2.05) is 49.4 Å². The van der Waals surface area contributed by atoms with Gasteiger partial charge in [0.05, 0.1) is 12.0 Å². The summed E-state index contributed by atoms with van der Waals surface area (Å²) in [5, 5.41) is 22.4. The fourth-order valence-electron chi connectivity index (χ4n) is 4.38. The number of carbonyl (C=O) groups is 3. The number of aryl methyl sites for hydroxylation is 1. The summed E-state index contributed by atoms with van der Waals surface area (Å²) in [5.74, 6) is -2.89. The fraction of sp³-hybridized carbons (Fsp3) is 0.250. The van der Waals surface area contributed by atoms with Crippen molar-refractivity contribution in [3.05, 3.63) is 65.0 Å². The van der Waals surface area contributed by atoms with E-state index in [4.69, 9.17) is 23.8 Å². The quantitative estimate of drug-likeness (QED) is 0.203. The molecule has 0 spiro atoms. The molecule has 1 fully saturated rings. The van der Waals surface area contributed by atoms with E-state index in [1.165, 1.54) is 11.3 Å². The predicted octanol–water partition coefficient (Wildman–Crippen LogP) is 4.30. The van der Waals surface area contributed by atoms with Gasteiger partial charge < -0.3 is 28.9 Å². The van der Waals surface area contributed by atoms with Crippen molar-refractivity contribution >= 4 is 29.2 Å². The van der Waals surface area contributed by atoms with E-state index in [1.54, 1.807) is 24.1 Å². The van der Waals surface area contributed by atoms with Crippen LogP contribution in [-0.4, -0.2) is 63.0 Å². The first kappa shape index (κ1) is 27.8. The second kappa shape index (κ2) is 11.8. The van der Waals surface area contributed by atoms with Crippen molar-refractivity contribution < 1.29 is 43.3 Å². The number of thiophene rings is 1. The lowest BCUT2D eigenvalue weighted by atomic mass is 9.97. The summed E-state index contributed by atoms with van der Waals surface area (Å²) in [6.45, 7) is 2.36. The number of methoxy groups -OCH3 is 1. The number of hydrogen-bond acceptors (Lipinski definition) is 11. The van der Waals surface area contributed by atoms with Crippen molar-refractivity contribution in [2.45, 2.75) is 26.1 Å². The summed E-state index contributed by atoms with van der Waals surface area (Å²) in [7, 11) is 1.58.